The molecule has 4 amide bonds. The lowest BCUT2D eigenvalue weighted by Crippen LogP contribution is -2.57. The summed E-state index contributed by atoms with van der Waals surface area (Å²) in [5.74, 6) is -0.804. The van der Waals surface area contributed by atoms with Gasteiger partial charge in [0.05, 0.1) is 42.0 Å². The number of benzene rings is 2. The number of carbonyl (C=O) groups is 3. The number of sulfonamides is 1. The van der Waals surface area contributed by atoms with Crippen LogP contribution in [0, 0.1) is 11.8 Å². The molecule has 1 aliphatic rings. The lowest BCUT2D eigenvalue weighted by atomic mass is 9.95. The molecule has 3 N–H and O–H groups in total. The fourth-order valence-corrected chi connectivity index (χ4v) is 8.77. The minimum Gasteiger partial charge on any atom is -0.411 e. The number of aromatic nitrogens is 1. The van der Waals surface area contributed by atoms with Gasteiger partial charge in [0.15, 0.2) is 0 Å². The third-order valence-corrected chi connectivity index (χ3v) is 12.3. The molecule has 2 heterocycles. The Hall–Kier alpha value is -4.38. The molecule has 294 valence electrons. The largest absolute Gasteiger partial charge is 0.411 e. The van der Waals surface area contributed by atoms with Crippen LogP contribution in [0.25, 0.3) is 0 Å². The maximum Gasteiger partial charge on any atom is 0.321 e. The van der Waals surface area contributed by atoms with Crippen molar-refractivity contribution in [2.75, 3.05) is 33.2 Å². The van der Waals surface area contributed by atoms with Crippen molar-refractivity contribution in [3.8, 4) is 0 Å². The summed E-state index contributed by atoms with van der Waals surface area (Å²) in [6.45, 7) is 10.3. The van der Waals surface area contributed by atoms with Crippen LogP contribution >= 0.6 is 11.3 Å². The predicted octanol–water partition coefficient (Wildman–Crippen LogP) is 4.02. The number of rotatable bonds is 19. The van der Waals surface area contributed by atoms with E-state index in [-0.39, 0.29) is 54.7 Å². The number of urea groups is 1. The van der Waals surface area contributed by atoms with Gasteiger partial charge in [-0.25, -0.2) is 18.2 Å². The minimum absolute atomic E-state index is 0.0142. The number of amides is 4. The average Bonchev–Trinajstić information content (AvgIpc) is 3.73. The van der Waals surface area contributed by atoms with Crippen molar-refractivity contribution in [2.24, 2.45) is 17.0 Å². The van der Waals surface area contributed by atoms with Crippen molar-refractivity contribution in [1.82, 2.24) is 29.3 Å². The quantitative estimate of drug-likeness (QED) is 0.0929. The van der Waals surface area contributed by atoms with E-state index < -0.39 is 34.1 Å². The molecule has 0 bridgehead atoms. The first-order valence-electron chi connectivity index (χ1n) is 18.1. The van der Waals surface area contributed by atoms with Gasteiger partial charge in [-0.05, 0) is 41.5 Å². The Balaban J connectivity index is 1.56. The Bertz CT molecular complexity index is 1840. The second-order valence-electron chi connectivity index (χ2n) is 14.2. The van der Waals surface area contributed by atoms with Gasteiger partial charge in [0, 0.05) is 45.5 Å². The second kappa shape index (κ2) is 19.3. The summed E-state index contributed by atoms with van der Waals surface area (Å²) in [6, 6.07) is 13.2. The number of nitrogens with one attached hydrogen (secondary N) is 1. The number of hydrogen-bond acceptors (Lipinski definition) is 10. The first kappa shape index (κ1) is 42.4. The highest BCUT2D eigenvalue weighted by atomic mass is 32.2. The molecule has 0 saturated carbocycles. The normalized spacial score (nSPS) is 15.9. The van der Waals surface area contributed by atoms with Gasteiger partial charge in [0.2, 0.25) is 21.8 Å². The molecule has 16 heteroatoms. The molecule has 3 aromatic rings. The van der Waals surface area contributed by atoms with Gasteiger partial charge in [-0.2, -0.15) is 4.31 Å². The summed E-state index contributed by atoms with van der Waals surface area (Å²) in [7, 11) is -2.37. The van der Waals surface area contributed by atoms with E-state index in [1.54, 1.807) is 21.7 Å². The maximum atomic E-state index is 14.3. The summed E-state index contributed by atoms with van der Waals surface area (Å²) in [5.41, 5.74) is 2.05. The Morgan fingerprint density at radius 1 is 1.07 bits per heavy atom. The van der Waals surface area contributed by atoms with Crippen LogP contribution in [0.4, 0.5) is 4.79 Å². The topological polar surface area (TPSA) is 176 Å². The van der Waals surface area contributed by atoms with E-state index in [9.17, 15) is 27.9 Å². The Kier molecular flexibility index (Phi) is 15.1. The molecular formula is C38H53N7O7S2. The molecule has 1 saturated heterocycles. The maximum absolute atomic E-state index is 14.3. The standard InChI is InChI=1S/C38H53N7O7S2/c1-7-27(4)36(45-18-17-43(38(45)49)22-31-25-53-35(40-31)24-42(6)28(5)46)37(48)41-33(19-29-11-9-8-10-12-29)34(47)23-44(21-26(2)3)54(51,52)32-15-13-30(14-16-32)20-39-50/h8-16,20,25-27,33-34,36,47,50H,7,17-19,21-24H2,1-6H3,(H,41,48)/t27-,33-,34+,36-/m0/s1. The Morgan fingerprint density at radius 3 is 2.37 bits per heavy atom. The lowest BCUT2D eigenvalue weighted by molar-refractivity contribution is -0.129. The number of hydrogen-bond donors (Lipinski definition) is 3. The monoisotopic (exact) mass is 783 g/mol. The van der Waals surface area contributed by atoms with Crippen LogP contribution in [0.1, 0.15) is 62.9 Å². The minimum atomic E-state index is -4.08. The predicted molar refractivity (Wildman–Crippen MR) is 208 cm³/mol. The molecule has 0 aliphatic carbocycles. The highest BCUT2D eigenvalue weighted by Gasteiger charge is 2.41. The van der Waals surface area contributed by atoms with Crippen molar-refractivity contribution >= 4 is 45.4 Å². The molecule has 0 unspecified atom stereocenters. The zero-order valence-corrected chi connectivity index (χ0v) is 33.5. The van der Waals surface area contributed by atoms with E-state index in [0.29, 0.717) is 37.3 Å². The van der Waals surface area contributed by atoms with E-state index in [1.165, 1.54) is 53.0 Å². The van der Waals surface area contributed by atoms with Crippen LogP contribution in [-0.4, -0.2) is 118 Å². The van der Waals surface area contributed by atoms with Crippen molar-refractivity contribution in [2.45, 2.75) is 83.6 Å². The molecule has 1 fully saturated rings. The van der Waals surface area contributed by atoms with Crippen molar-refractivity contribution in [3.05, 3.63) is 81.8 Å². The van der Waals surface area contributed by atoms with Crippen LogP contribution in [0.5, 0.6) is 0 Å². The van der Waals surface area contributed by atoms with Crippen molar-refractivity contribution in [3.63, 3.8) is 0 Å². The van der Waals surface area contributed by atoms with E-state index in [4.69, 9.17) is 5.21 Å². The Morgan fingerprint density at radius 2 is 1.76 bits per heavy atom. The fourth-order valence-electron chi connectivity index (χ4n) is 6.32. The van der Waals surface area contributed by atoms with Gasteiger partial charge in [-0.1, -0.05) is 81.7 Å². The van der Waals surface area contributed by atoms with E-state index in [1.807, 2.05) is 63.4 Å². The van der Waals surface area contributed by atoms with E-state index >= 15 is 0 Å². The van der Waals surface area contributed by atoms with Gasteiger partial charge < -0.3 is 30.3 Å². The number of aliphatic hydroxyl groups is 1. The van der Waals surface area contributed by atoms with Gasteiger partial charge in [-0.3, -0.25) is 9.59 Å². The summed E-state index contributed by atoms with van der Waals surface area (Å²) < 4.78 is 29.1. The number of oxime groups is 1. The molecule has 54 heavy (non-hydrogen) atoms. The molecular weight excluding hydrogens is 731 g/mol. The first-order valence-corrected chi connectivity index (χ1v) is 20.5. The number of carbonyl (C=O) groups excluding carboxylic acids is 3. The van der Waals surface area contributed by atoms with Gasteiger partial charge >= 0.3 is 6.03 Å². The van der Waals surface area contributed by atoms with Gasteiger partial charge in [-0.15, -0.1) is 11.3 Å². The van der Waals surface area contributed by atoms with Crippen LogP contribution in [0.15, 0.2) is 70.0 Å². The number of thiazole rings is 1. The summed E-state index contributed by atoms with van der Waals surface area (Å²) in [6.07, 6.45) is 0.706. The highest BCUT2D eigenvalue weighted by Crippen LogP contribution is 2.25. The molecule has 4 rings (SSSR count). The molecule has 1 aromatic heterocycles. The second-order valence-corrected chi connectivity index (χ2v) is 17.1. The van der Waals surface area contributed by atoms with Gasteiger partial charge in [0.1, 0.15) is 11.0 Å². The smallest absolute Gasteiger partial charge is 0.321 e. The van der Waals surface area contributed by atoms with E-state index in [2.05, 4.69) is 15.5 Å². The molecule has 4 atom stereocenters. The highest BCUT2D eigenvalue weighted by molar-refractivity contribution is 7.89. The van der Waals surface area contributed by atoms with Crippen LogP contribution in [-0.2, 0) is 39.1 Å². The fraction of sp³-hybridized carbons (Fsp3) is 0.500. The average molecular weight is 784 g/mol. The summed E-state index contributed by atoms with van der Waals surface area (Å²) >= 11 is 1.42. The zero-order chi connectivity index (χ0) is 39.6. The Labute approximate surface area is 322 Å². The zero-order valence-electron chi connectivity index (χ0n) is 31.8. The number of nitrogens with zero attached hydrogens (tertiary/aromatic N) is 6. The third kappa shape index (κ3) is 11.1. The van der Waals surface area contributed by atoms with Gasteiger partial charge in [0.25, 0.3) is 0 Å². The molecule has 2 aromatic carbocycles. The summed E-state index contributed by atoms with van der Waals surface area (Å²) in [5, 5.41) is 29.4. The molecule has 14 nitrogen and oxygen atoms in total. The summed E-state index contributed by atoms with van der Waals surface area (Å²) in [4.78, 5) is 49.3. The van der Waals surface area contributed by atoms with Crippen LogP contribution in [0.2, 0.25) is 0 Å². The molecule has 1 aliphatic heterocycles. The lowest BCUT2D eigenvalue weighted by Gasteiger charge is -2.35. The number of aliphatic hydroxyl groups excluding tert-OH is 1. The van der Waals surface area contributed by atoms with Crippen LogP contribution < -0.4 is 5.32 Å². The molecule has 0 radical (unpaired) electrons. The third-order valence-electron chi connectivity index (χ3n) is 9.55. The SMILES string of the molecule is CC[C@H](C)[C@@H](C(=O)N[C@@H](Cc1ccccc1)[C@H](O)CN(CC(C)C)S(=O)(=O)c1ccc(C=NO)cc1)N1CCN(Cc2csc(CN(C)C(C)=O)n2)C1=O. The van der Waals surface area contributed by atoms with Crippen molar-refractivity contribution in [1.29, 1.82) is 0 Å². The van der Waals surface area contributed by atoms with Crippen LogP contribution in [0.3, 0.4) is 0 Å². The van der Waals surface area contributed by atoms with Crippen molar-refractivity contribution < 1.29 is 33.1 Å². The molecule has 0 spiro atoms. The van der Waals surface area contributed by atoms with E-state index in [0.717, 1.165) is 10.6 Å². The first-order chi connectivity index (χ1) is 25.6.